The predicted octanol–water partition coefficient (Wildman–Crippen LogP) is -0.755. The third-order valence-electron chi connectivity index (χ3n) is 0.340. The summed E-state index contributed by atoms with van der Waals surface area (Å²) in [4.78, 5) is 9.32. The molecule has 0 aliphatic carbocycles. The summed E-state index contributed by atoms with van der Waals surface area (Å²) < 4.78 is 11.2. The molecule has 4 heteroatoms. The fraction of sp³-hybridized carbons (Fsp3) is 0.667. The van der Waals surface area contributed by atoms with Gasteiger partial charge in [-0.1, -0.05) is 0 Å². The minimum atomic E-state index is -1.73. The number of halogens is 1. The van der Waals surface area contributed by atoms with Crippen molar-refractivity contribution in [1.29, 1.82) is 0 Å². The van der Waals surface area contributed by atoms with Gasteiger partial charge in [0.25, 0.3) is 0 Å². The molecule has 0 radical (unpaired) electrons. The molecule has 1 unspecified atom stereocenters. The number of alkyl halides is 1. The molecule has 0 aromatic rings. The van der Waals surface area contributed by atoms with Gasteiger partial charge in [0.2, 0.25) is 0 Å². The summed E-state index contributed by atoms with van der Waals surface area (Å²) in [6, 6.07) is 0. The van der Waals surface area contributed by atoms with Crippen molar-refractivity contribution in [3.63, 3.8) is 0 Å². The molecule has 1 N–H and O–H groups in total. The van der Waals surface area contributed by atoms with E-state index < -0.39 is 12.1 Å². The zero-order chi connectivity index (χ0) is 5.15. The van der Waals surface area contributed by atoms with E-state index in [9.17, 15) is 9.18 Å². The standard InChI is InChI=1S/C3H5FO2.Ga.3H/c1-2(4)3(5)6;;;;/h2H,1H3,(H,5,6);;;;. The van der Waals surface area contributed by atoms with Gasteiger partial charge in [0.15, 0.2) is 6.17 Å². The van der Waals surface area contributed by atoms with Crippen molar-refractivity contribution in [2.45, 2.75) is 13.1 Å². The molecule has 0 spiro atoms. The molecule has 0 heterocycles. The number of rotatable bonds is 1. The number of carbonyl (C=O) groups is 1. The van der Waals surface area contributed by atoms with E-state index in [-0.39, 0.29) is 19.8 Å². The van der Waals surface area contributed by atoms with Gasteiger partial charge in [-0.25, -0.2) is 9.18 Å². The molecule has 0 rings (SSSR count). The van der Waals surface area contributed by atoms with Crippen molar-refractivity contribution < 1.29 is 14.3 Å². The van der Waals surface area contributed by atoms with E-state index in [1.165, 1.54) is 0 Å². The van der Waals surface area contributed by atoms with E-state index in [1.54, 1.807) is 0 Å². The molecular formula is C3H8FGaO2. The van der Waals surface area contributed by atoms with Crippen LogP contribution in [0.2, 0.25) is 0 Å². The Balaban J connectivity index is 0. The molecule has 0 aromatic heterocycles. The van der Waals surface area contributed by atoms with Crippen LogP contribution in [0.25, 0.3) is 0 Å². The first-order chi connectivity index (χ1) is 2.64. The van der Waals surface area contributed by atoms with Gasteiger partial charge in [-0.3, -0.25) is 0 Å². The van der Waals surface area contributed by atoms with Gasteiger partial charge < -0.3 is 5.11 Å². The van der Waals surface area contributed by atoms with Crippen molar-refractivity contribution in [3.8, 4) is 0 Å². The van der Waals surface area contributed by atoms with Gasteiger partial charge in [0, 0.05) is 0 Å². The zero-order valence-corrected chi connectivity index (χ0v) is 3.31. The monoisotopic (exact) mass is 164 g/mol. The predicted molar refractivity (Wildman–Crippen MR) is 28.1 cm³/mol. The Morgan fingerprint density at radius 1 is 1.86 bits per heavy atom. The van der Waals surface area contributed by atoms with Crippen LogP contribution in [0.1, 0.15) is 6.92 Å². The molecule has 42 valence electrons. The van der Waals surface area contributed by atoms with Crippen molar-refractivity contribution >= 4 is 25.8 Å². The molecule has 0 fully saturated rings. The first kappa shape index (κ1) is 10.1. The van der Waals surface area contributed by atoms with Crippen molar-refractivity contribution in [2.24, 2.45) is 0 Å². The second-order valence-corrected chi connectivity index (χ2v) is 0.954. The molecule has 7 heavy (non-hydrogen) atoms. The summed E-state index contributed by atoms with van der Waals surface area (Å²) >= 11 is 0. The van der Waals surface area contributed by atoms with Gasteiger partial charge >= 0.3 is 25.8 Å². The molecule has 0 aliphatic rings. The minimum absolute atomic E-state index is 0. The van der Waals surface area contributed by atoms with Crippen LogP contribution in [0.4, 0.5) is 4.39 Å². The first-order valence-corrected chi connectivity index (χ1v) is 1.51. The van der Waals surface area contributed by atoms with Crippen LogP contribution >= 0.6 is 0 Å². The van der Waals surface area contributed by atoms with Crippen LogP contribution in [-0.4, -0.2) is 37.0 Å². The molecule has 0 aliphatic heterocycles. The quantitative estimate of drug-likeness (QED) is 0.518. The van der Waals surface area contributed by atoms with Crippen LogP contribution in [-0.2, 0) is 4.79 Å². The third-order valence-corrected chi connectivity index (χ3v) is 0.340. The Bertz CT molecular complexity index is 64.0. The summed E-state index contributed by atoms with van der Waals surface area (Å²) in [7, 11) is 0. The van der Waals surface area contributed by atoms with Crippen LogP contribution in [0, 0.1) is 0 Å². The maximum atomic E-state index is 11.2. The molecule has 0 amide bonds. The number of hydrogen-bond donors (Lipinski definition) is 1. The SMILES string of the molecule is CC(F)C(=O)O.[GaH3]. The van der Waals surface area contributed by atoms with Crippen LogP contribution in [0.15, 0.2) is 0 Å². The maximum absolute atomic E-state index is 11.2. The molecule has 0 aromatic carbocycles. The third kappa shape index (κ3) is 6.04. The molecular weight excluding hydrogens is 157 g/mol. The number of hydrogen-bond acceptors (Lipinski definition) is 1. The summed E-state index contributed by atoms with van der Waals surface area (Å²) in [5.41, 5.74) is 0. The Kier molecular flexibility index (Phi) is 6.07. The topological polar surface area (TPSA) is 37.3 Å². The van der Waals surface area contributed by atoms with Crippen LogP contribution < -0.4 is 0 Å². The second kappa shape index (κ2) is 4.20. The fourth-order valence-corrected chi connectivity index (χ4v) is 0. The normalized spacial score (nSPS) is 11.7. The van der Waals surface area contributed by atoms with E-state index in [0.717, 1.165) is 6.92 Å². The number of carboxylic acids is 1. The van der Waals surface area contributed by atoms with Gasteiger partial charge in [-0.2, -0.15) is 0 Å². The fourth-order valence-electron chi connectivity index (χ4n) is 0. The van der Waals surface area contributed by atoms with Gasteiger partial charge in [-0.05, 0) is 6.92 Å². The Morgan fingerprint density at radius 2 is 2.00 bits per heavy atom. The zero-order valence-electron chi connectivity index (χ0n) is 3.31. The Hall–Kier alpha value is 0.0364. The molecule has 0 saturated carbocycles. The molecule has 0 saturated heterocycles. The Morgan fingerprint density at radius 3 is 2.00 bits per heavy atom. The average Bonchev–Trinajstić information content (AvgIpc) is 1.36. The van der Waals surface area contributed by atoms with E-state index in [1.807, 2.05) is 0 Å². The van der Waals surface area contributed by atoms with Crippen molar-refractivity contribution in [2.75, 3.05) is 0 Å². The summed E-state index contributed by atoms with van der Waals surface area (Å²) in [6.45, 7) is 0.975. The van der Waals surface area contributed by atoms with Crippen LogP contribution in [0.5, 0.6) is 0 Å². The van der Waals surface area contributed by atoms with Gasteiger partial charge in [-0.15, -0.1) is 0 Å². The average molecular weight is 165 g/mol. The molecule has 0 bridgehead atoms. The van der Waals surface area contributed by atoms with E-state index >= 15 is 0 Å². The summed E-state index contributed by atoms with van der Waals surface area (Å²) in [6.07, 6.45) is -1.73. The molecule has 1 atom stereocenters. The van der Waals surface area contributed by atoms with E-state index in [0.29, 0.717) is 0 Å². The van der Waals surface area contributed by atoms with E-state index in [2.05, 4.69) is 0 Å². The summed E-state index contributed by atoms with van der Waals surface area (Å²) in [5.74, 6) is -1.41. The van der Waals surface area contributed by atoms with Crippen LogP contribution in [0.3, 0.4) is 0 Å². The van der Waals surface area contributed by atoms with Gasteiger partial charge in [0.1, 0.15) is 0 Å². The second-order valence-electron chi connectivity index (χ2n) is 0.954. The Labute approximate surface area is 53.8 Å². The van der Waals surface area contributed by atoms with Crippen molar-refractivity contribution in [1.82, 2.24) is 0 Å². The number of carboxylic acid groups (broad SMARTS) is 1. The first-order valence-electron chi connectivity index (χ1n) is 1.51. The molecule has 2 nitrogen and oxygen atoms in total. The van der Waals surface area contributed by atoms with Crippen molar-refractivity contribution in [3.05, 3.63) is 0 Å². The summed E-state index contributed by atoms with van der Waals surface area (Å²) in [5, 5.41) is 7.62. The number of aliphatic carboxylic acids is 1. The van der Waals surface area contributed by atoms with E-state index in [4.69, 9.17) is 5.11 Å². The van der Waals surface area contributed by atoms with Gasteiger partial charge in [0.05, 0.1) is 0 Å².